The molecule has 0 fully saturated rings. The van der Waals surface area contributed by atoms with Gasteiger partial charge in [-0.1, -0.05) is 44.2 Å². The summed E-state index contributed by atoms with van der Waals surface area (Å²) in [6, 6.07) is 15.4. The smallest absolute Gasteiger partial charge is 0.261 e. The Labute approximate surface area is 160 Å². The van der Waals surface area contributed by atoms with E-state index >= 15 is 0 Å². The van der Waals surface area contributed by atoms with Crippen molar-refractivity contribution >= 4 is 11.8 Å². The molecule has 27 heavy (non-hydrogen) atoms. The van der Waals surface area contributed by atoms with Gasteiger partial charge in [0.2, 0.25) is 0 Å². The third-order valence-corrected chi connectivity index (χ3v) is 4.92. The van der Waals surface area contributed by atoms with Crippen molar-refractivity contribution in [3.63, 3.8) is 0 Å². The van der Waals surface area contributed by atoms with Crippen molar-refractivity contribution in [2.24, 2.45) is 0 Å². The van der Waals surface area contributed by atoms with E-state index in [9.17, 15) is 9.59 Å². The monoisotopic (exact) mass is 366 g/mol. The molecular formula is C22H26N2O3. The van der Waals surface area contributed by atoms with Gasteiger partial charge in [-0.2, -0.15) is 0 Å². The van der Waals surface area contributed by atoms with Crippen LogP contribution in [0.5, 0.6) is 5.75 Å². The SMILES string of the molecule is CCC(CC)NC(=O)c1ccc2c(c1)CN(Cc1ccccc1)C(=O)CO2. The summed E-state index contributed by atoms with van der Waals surface area (Å²) in [6.07, 6.45) is 1.80. The van der Waals surface area contributed by atoms with Gasteiger partial charge in [0, 0.05) is 30.3 Å². The standard InChI is InChI=1S/C22H26N2O3/c1-3-19(4-2)23-22(26)17-10-11-20-18(12-17)14-24(21(25)15-27-20)13-16-8-6-5-7-9-16/h5-12,19H,3-4,13-15H2,1-2H3,(H,23,26). The van der Waals surface area contributed by atoms with Gasteiger partial charge in [-0.05, 0) is 36.6 Å². The van der Waals surface area contributed by atoms with E-state index in [1.807, 2.05) is 36.4 Å². The van der Waals surface area contributed by atoms with Crippen LogP contribution in [0.1, 0.15) is 48.2 Å². The van der Waals surface area contributed by atoms with Crippen LogP contribution in [0.3, 0.4) is 0 Å². The first kappa shape index (κ1) is 19.0. The van der Waals surface area contributed by atoms with Crippen LogP contribution in [0.25, 0.3) is 0 Å². The molecule has 1 aliphatic rings. The van der Waals surface area contributed by atoms with Crippen LogP contribution < -0.4 is 10.1 Å². The normalized spacial score (nSPS) is 13.7. The maximum Gasteiger partial charge on any atom is 0.261 e. The van der Waals surface area contributed by atoms with E-state index in [1.54, 1.807) is 17.0 Å². The van der Waals surface area contributed by atoms with E-state index in [2.05, 4.69) is 19.2 Å². The Balaban J connectivity index is 1.79. The molecule has 2 aromatic rings. The topological polar surface area (TPSA) is 58.6 Å². The van der Waals surface area contributed by atoms with Gasteiger partial charge in [0.1, 0.15) is 5.75 Å². The Hall–Kier alpha value is -2.82. The lowest BCUT2D eigenvalue weighted by atomic mass is 10.1. The number of ether oxygens (including phenoxy) is 1. The van der Waals surface area contributed by atoms with Crippen LogP contribution in [0, 0.1) is 0 Å². The number of fused-ring (bicyclic) bond motifs is 1. The van der Waals surface area contributed by atoms with Crippen molar-refractivity contribution in [2.75, 3.05) is 6.61 Å². The molecule has 5 nitrogen and oxygen atoms in total. The zero-order chi connectivity index (χ0) is 19.2. The van der Waals surface area contributed by atoms with Gasteiger partial charge < -0.3 is 15.0 Å². The van der Waals surface area contributed by atoms with Crippen molar-refractivity contribution < 1.29 is 14.3 Å². The molecule has 142 valence electrons. The average molecular weight is 366 g/mol. The molecule has 1 aliphatic heterocycles. The molecule has 0 bridgehead atoms. The minimum Gasteiger partial charge on any atom is -0.483 e. The predicted molar refractivity (Wildman–Crippen MR) is 104 cm³/mol. The highest BCUT2D eigenvalue weighted by Crippen LogP contribution is 2.26. The number of hydrogen-bond acceptors (Lipinski definition) is 3. The molecule has 2 aromatic carbocycles. The summed E-state index contributed by atoms with van der Waals surface area (Å²) in [6.45, 7) is 5.08. The minimum atomic E-state index is -0.0864. The number of hydrogen-bond donors (Lipinski definition) is 1. The molecule has 5 heteroatoms. The zero-order valence-corrected chi connectivity index (χ0v) is 15.9. The Morgan fingerprint density at radius 3 is 2.59 bits per heavy atom. The predicted octanol–water partition coefficient (Wildman–Crippen LogP) is 3.53. The molecular weight excluding hydrogens is 340 g/mol. The van der Waals surface area contributed by atoms with Crippen LogP contribution in [-0.2, 0) is 17.9 Å². The molecule has 0 atom stereocenters. The number of carbonyl (C=O) groups is 2. The van der Waals surface area contributed by atoms with Gasteiger partial charge >= 0.3 is 0 Å². The second kappa shape index (κ2) is 8.71. The van der Waals surface area contributed by atoms with E-state index in [0.717, 1.165) is 24.0 Å². The molecule has 1 heterocycles. The third kappa shape index (κ3) is 4.67. The molecule has 0 radical (unpaired) electrons. The van der Waals surface area contributed by atoms with Crippen LogP contribution in [0.4, 0.5) is 0 Å². The lowest BCUT2D eigenvalue weighted by molar-refractivity contribution is -0.133. The van der Waals surface area contributed by atoms with Gasteiger partial charge in [0.05, 0.1) is 0 Å². The Morgan fingerprint density at radius 1 is 1.15 bits per heavy atom. The molecule has 0 unspecified atom stereocenters. The molecule has 0 aromatic heterocycles. The van der Waals surface area contributed by atoms with Crippen molar-refractivity contribution in [1.82, 2.24) is 10.2 Å². The van der Waals surface area contributed by atoms with Gasteiger partial charge in [0.25, 0.3) is 11.8 Å². The van der Waals surface area contributed by atoms with Crippen molar-refractivity contribution in [1.29, 1.82) is 0 Å². The Kier molecular flexibility index (Phi) is 6.12. The van der Waals surface area contributed by atoms with E-state index in [1.165, 1.54) is 0 Å². The number of amides is 2. The maximum absolute atomic E-state index is 12.5. The molecule has 0 aliphatic carbocycles. The van der Waals surface area contributed by atoms with Crippen LogP contribution >= 0.6 is 0 Å². The van der Waals surface area contributed by atoms with Crippen molar-refractivity contribution in [2.45, 2.75) is 45.8 Å². The number of nitrogens with one attached hydrogen (secondary N) is 1. The summed E-state index contributed by atoms with van der Waals surface area (Å²) in [4.78, 5) is 26.8. The van der Waals surface area contributed by atoms with Crippen molar-refractivity contribution in [3.8, 4) is 5.75 Å². The molecule has 2 amide bonds. The van der Waals surface area contributed by atoms with Crippen molar-refractivity contribution in [3.05, 3.63) is 65.2 Å². The number of carbonyl (C=O) groups excluding carboxylic acids is 2. The lowest BCUT2D eigenvalue weighted by Crippen LogP contribution is -2.34. The summed E-state index contributed by atoms with van der Waals surface area (Å²) < 4.78 is 5.66. The molecule has 1 N–H and O–H groups in total. The van der Waals surface area contributed by atoms with Crippen LogP contribution in [-0.4, -0.2) is 29.4 Å². The Morgan fingerprint density at radius 2 is 1.89 bits per heavy atom. The van der Waals surface area contributed by atoms with E-state index in [4.69, 9.17) is 4.74 Å². The highest BCUT2D eigenvalue weighted by molar-refractivity contribution is 5.95. The van der Waals surface area contributed by atoms with E-state index in [0.29, 0.717) is 24.4 Å². The minimum absolute atomic E-state index is 0.0130. The lowest BCUT2D eigenvalue weighted by Gasteiger charge is -2.20. The molecule has 3 rings (SSSR count). The fourth-order valence-corrected chi connectivity index (χ4v) is 3.22. The summed E-state index contributed by atoms with van der Waals surface area (Å²) in [5.74, 6) is 0.521. The molecule has 0 saturated heterocycles. The zero-order valence-electron chi connectivity index (χ0n) is 15.9. The maximum atomic E-state index is 12.5. The summed E-state index contributed by atoms with van der Waals surface area (Å²) in [7, 11) is 0. The van der Waals surface area contributed by atoms with Crippen LogP contribution in [0.2, 0.25) is 0 Å². The largest absolute Gasteiger partial charge is 0.483 e. The fourth-order valence-electron chi connectivity index (χ4n) is 3.22. The summed E-state index contributed by atoms with van der Waals surface area (Å²) in [5.41, 5.74) is 2.52. The summed E-state index contributed by atoms with van der Waals surface area (Å²) in [5, 5.41) is 3.05. The first-order valence-corrected chi connectivity index (χ1v) is 9.49. The number of benzene rings is 2. The summed E-state index contributed by atoms with van der Waals surface area (Å²) >= 11 is 0. The second-order valence-corrected chi connectivity index (χ2v) is 6.83. The second-order valence-electron chi connectivity index (χ2n) is 6.83. The van der Waals surface area contributed by atoms with Crippen LogP contribution in [0.15, 0.2) is 48.5 Å². The highest BCUT2D eigenvalue weighted by atomic mass is 16.5. The Bertz CT molecular complexity index is 800. The molecule has 0 saturated carbocycles. The number of rotatable bonds is 6. The van der Waals surface area contributed by atoms with E-state index in [-0.39, 0.29) is 24.5 Å². The number of nitrogens with zero attached hydrogens (tertiary/aromatic N) is 1. The van der Waals surface area contributed by atoms with Gasteiger partial charge in [0.15, 0.2) is 6.61 Å². The van der Waals surface area contributed by atoms with E-state index < -0.39 is 0 Å². The van der Waals surface area contributed by atoms with Gasteiger partial charge in [-0.15, -0.1) is 0 Å². The first-order chi connectivity index (χ1) is 13.1. The van der Waals surface area contributed by atoms with Gasteiger partial charge in [-0.3, -0.25) is 9.59 Å². The highest BCUT2D eigenvalue weighted by Gasteiger charge is 2.23. The average Bonchev–Trinajstić information content (AvgIpc) is 2.85. The molecule has 0 spiro atoms. The first-order valence-electron chi connectivity index (χ1n) is 9.49. The third-order valence-electron chi connectivity index (χ3n) is 4.92. The quantitative estimate of drug-likeness (QED) is 0.851. The fraction of sp³-hybridized carbons (Fsp3) is 0.364. The van der Waals surface area contributed by atoms with Gasteiger partial charge in [-0.25, -0.2) is 0 Å².